The highest BCUT2D eigenvalue weighted by molar-refractivity contribution is 9.10. The summed E-state index contributed by atoms with van der Waals surface area (Å²) in [5.41, 5.74) is 3.91. The van der Waals surface area contributed by atoms with Gasteiger partial charge in [-0.2, -0.15) is 0 Å². The van der Waals surface area contributed by atoms with Crippen LogP contribution in [-0.2, 0) is 32.6 Å². The molecular weight excluding hydrogens is 578 g/mol. The van der Waals surface area contributed by atoms with Crippen molar-refractivity contribution in [1.82, 2.24) is 10.2 Å². The van der Waals surface area contributed by atoms with Gasteiger partial charge in [-0.15, -0.1) is 0 Å². The highest BCUT2D eigenvalue weighted by atomic mass is 79.9. The number of nitrogens with zero attached hydrogens (tertiary/aromatic N) is 2. The van der Waals surface area contributed by atoms with Crippen LogP contribution in [0.4, 0.5) is 5.69 Å². The second-order valence-corrected chi connectivity index (χ2v) is 12.6. The normalized spacial score (nSPS) is 12.0. The Morgan fingerprint density at radius 2 is 1.56 bits per heavy atom. The highest BCUT2D eigenvalue weighted by Gasteiger charge is 2.33. The van der Waals surface area contributed by atoms with Gasteiger partial charge in [-0.25, -0.2) is 8.42 Å². The minimum absolute atomic E-state index is 0.139. The van der Waals surface area contributed by atoms with E-state index in [2.05, 4.69) is 21.2 Å². The first kappa shape index (κ1) is 30.4. The summed E-state index contributed by atoms with van der Waals surface area (Å²) < 4.78 is 27.8. The number of nitrogens with one attached hydrogen (secondary N) is 1. The van der Waals surface area contributed by atoms with Gasteiger partial charge >= 0.3 is 0 Å². The van der Waals surface area contributed by atoms with Crippen molar-refractivity contribution >= 4 is 43.5 Å². The SMILES string of the molecule is CCCNC(=O)[C@H](Cc1ccccc1)N(Cc1cccc(Br)c1)C(=O)CN(c1cc(C)cc(C)c1)S(C)(=O)=O. The molecule has 0 aliphatic rings. The van der Waals surface area contributed by atoms with Crippen molar-refractivity contribution in [2.75, 3.05) is 23.7 Å². The number of rotatable bonds is 12. The maximum atomic E-state index is 14.1. The Hall–Kier alpha value is -3.17. The minimum Gasteiger partial charge on any atom is -0.354 e. The summed E-state index contributed by atoms with van der Waals surface area (Å²) in [6.07, 6.45) is 2.13. The van der Waals surface area contributed by atoms with Gasteiger partial charge in [-0.3, -0.25) is 13.9 Å². The van der Waals surface area contributed by atoms with Crippen molar-refractivity contribution in [2.45, 2.75) is 46.2 Å². The molecule has 0 bridgehead atoms. The average molecular weight is 615 g/mol. The molecule has 3 rings (SSSR count). The zero-order valence-corrected chi connectivity index (χ0v) is 25.3. The van der Waals surface area contributed by atoms with E-state index in [-0.39, 0.29) is 12.5 Å². The molecule has 0 aliphatic carbocycles. The summed E-state index contributed by atoms with van der Waals surface area (Å²) in [6, 6.07) is 21.6. The topological polar surface area (TPSA) is 86.8 Å². The van der Waals surface area contributed by atoms with Crippen LogP contribution >= 0.6 is 15.9 Å². The third-order valence-electron chi connectivity index (χ3n) is 6.24. The monoisotopic (exact) mass is 613 g/mol. The molecular formula is C30H36BrN3O4S. The summed E-state index contributed by atoms with van der Waals surface area (Å²) in [5, 5.41) is 2.94. The Kier molecular flexibility index (Phi) is 10.7. The molecule has 208 valence electrons. The number of sulfonamides is 1. The van der Waals surface area contributed by atoms with Crippen molar-refractivity contribution < 1.29 is 18.0 Å². The Bertz CT molecular complexity index is 1380. The van der Waals surface area contributed by atoms with Crippen molar-refractivity contribution in [3.63, 3.8) is 0 Å². The molecule has 0 heterocycles. The lowest BCUT2D eigenvalue weighted by molar-refractivity contribution is -0.140. The molecule has 7 nitrogen and oxygen atoms in total. The van der Waals surface area contributed by atoms with Crippen LogP contribution in [0.5, 0.6) is 0 Å². The van der Waals surface area contributed by atoms with E-state index in [0.717, 1.165) is 43.7 Å². The zero-order chi connectivity index (χ0) is 28.6. The van der Waals surface area contributed by atoms with E-state index in [9.17, 15) is 18.0 Å². The lowest BCUT2D eigenvalue weighted by Crippen LogP contribution is -2.53. The van der Waals surface area contributed by atoms with Crippen LogP contribution in [-0.4, -0.2) is 50.5 Å². The van der Waals surface area contributed by atoms with Crippen LogP contribution in [0.15, 0.2) is 77.3 Å². The van der Waals surface area contributed by atoms with Crippen molar-refractivity contribution in [3.8, 4) is 0 Å². The third-order valence-corrected chi connectivity index (χ3v) is 7.87. The van der Waals surface area contributed by atoms with Gasteiger partial charge in [-0.05, 0) is 66.8 Å². The second kappa shape index (κ2) is 13.8. The minimum atomic E-state index is -3.80. The average Bonchev–Trinajstić information content (AvgIpc) is 2.87. The predicted molar refractivity (Wildman–Crippen MR) is 160 cm³/mol. The van der Waals surface area contributed by atoms with E-state index in [1.54, 1.807) is 12.1 Å². The lowest BCUT2D eigenvalue weighted by atomic mass is 10.0. The molecule has 0 spiro atoms. The Balaban J connectivity index is 2.06. The van der Waals surface area contributed by atoms with Crippen LogP contribution in [0.3, 0.4) is 0 Å². The van der Waals surface area contributed by atoms with Gasteiger partial charge in [0.1, 0.15) is 12.6 Å². The number of carbonyl (C=O) groups is 2. The van der Waals surface area contributed by atoms with Gasteiger partial charge < -0.3 is 10.2 Å². The van der Waals surface area contributed by atoms with E-state index in [1.807, 2.05) is 81.4 Å². The van der Waals surface area contributed by atoms with E-state index < -0.39 is 28.5 Å². The fraction of sp³-hybridized carbons (Fsp3) is 0.333. The van der Waals surface area contributed by atoms with Gasteiger partial charge in [0, 0.05) is 24.0 Å². The molecule has 0 aromatic heterocycles. The number of hydrogen-bond donors (Lipinski definition) is 1. The maximum Gasteiger partial charge on any atom is 0.244 e. The largest absolute Gasteiger partial charge is 0.354 e. The molecule has 9 heteroatoms. The molecule has 0 unspecified atom stereocenters. The zero-order valence-electron chi connectivity index (χ0n) is 22.9. The van der Waals surface area contributed by atoms with E-state index >= 15 is 0 Å². The summed E-state index contributed by atoms with van der Waals surface area (Å²) in [6.45, 7) is 5.91. The fourth-order valence-corrected chi connectivity index (χ4v) is 5.74. The number of hydrogen-bond acceptors (Lipinski definition) is 4. The molecule has 3 aromatic rings. The number of aryl methyl sites for hydroxylation is 2. The number of carbonyl (C=O) groups excluding carboxylic acids is 2. The number of amides is 2. The van der Waals surface area contributed by atoms with Crippen LogP contribution in [0.25, 0.3) is 0 Å². The van der Waals surface area contributed by atoms with E-state index in [0.29, 0.717) is 18.7 Å². The van der Waals surface area contributed by atoms with Crippen molar-refractivity contribution in [2.24, 2.45) is 0 Å². The van der Waals surface area contributed by atoms with E-state index in [4.69, 9.17) is 0 Å². The first-order valence-electron chi connectivity index (χ1n) is 12.9. The van der Waals surface area contributed by atoms with Gasteiger partial charge in [0.15, 0.2) is 0 Å². The standard InChI is InChI=1S/C30H36BrN3O4S/c1-5-14-32-30(36)28(19-24-10-7-6-8-11-24)33(20-25-12-9-13-26(31)18-25)29(35)21-34(39(4,37)38)27-16-22(2)15-23(3)17-27/h6-13,15-18,28H,5,14,19-21H2,1-4H3,(H,32,36)/t28-/m0/s1. The molecule has 39 heavy (non-hydrogen) atoms. The molecule has 3 aromatic carbocycles. The van der Waals surface area contributed by atoms with Crippen LogP contribution < -0.4 is 9.62 Å². The fourth-order valence-electron chi connectivity index (χ4n) is 4.46. The molecule has 0 radical (unpaired) electrons. The van der Waals surface area contributed by atoms with Gasteiger partial charge in [-0.1, -0.05) is 71.4 Å². The maximum absolute atomic E-state index is 14.1. The molecule has 1 atom stereocenters. The lowest BCUT2D eigenvalue weighted by Gasteiger charge is -2.33. The molecule has 2 amide bonds. The van der Waals surface area contributed by atoms with Crippen molar-refractivity contribution in [1.29, 1.82) is 0 Å². The second-order valence-electron chi connectivity index (χ2n) is 9.76. The summed E-state index contributed by atoms with van der Waals surface area (Å²) >= 11 is 3.48. The smallest absolute Gasteiger partial charge is 0.244 e. The molecule has 0 aliphatic heterocycles. The quantitative estimate of drug-likeness (QED) is 0.311. The Labute approximate surface area is 240 Å². The van der Waals surface area contributed by atoms with Gasteiger partial charge in [0.25, 0.3) is 0 Å². The molecule has 1 N–H and O–H groups in total. The first-order valence-corrected chi connectivity index (χ1v) is 15.5. The molecule has 0 saturated heterocycles. The van der Waals surface area contributed by atoms with Crippen LogP contribution in [0.2, 0.25) is 0 Å². The summed E-state index contributed by atoms with van der Waals surface area (Å²) in [5.74, 6) is -0.742. The summed E-state index contributed by atoms with van der Waals surface area (Å²) in [4.78, 5) is 29.1. The Morgan fingerprint density at radius 3 is 2.15 bits per heavy atom. The highest BCUT2D eigenvalue weighted by Crippen LogP contribution is 2.23. The predicted octanol–water partition coefficient (Wildman–Crippen LogP) is 5.00. The number of anilines is 1. The van der Waals surface area contributed by atoms with Crippen LogP contribution in [0.1, 0.15) is 35.6 Å². The first-order chi connectivity index (χ1) is 18.5. The van der Waals surface area contributed by atoms with Gasteiger partial charge in [0.2, 0.25) is 21.8 Å². The van der Waals surface area contributed by atoms with Gasteiger partial charge in [0.05, 0.1) is 11.9 Å². The summed E-state index contributed by atoms with van der Waals surface area (Å²) in [7, 11) is -3.80. The number of benzene rings is 3. The van der Waals surface area contributed by atoms with Crippen LogP contribution in [0, 0.1) is 13.8 Å². The molecule has 0 saturated carbocycles. The van der Waals surface area contributed by atoms with Crippen molar-refractivity contribution in [3.05, 3.63) is 99.5 Å². The Morgan fingerprint density at radius 1 is 0.923 bits per heavy atom. The van der Waals surface area contributed by atoms with E-state index in [1.165, 1.54) is 4.90 Å². The number of halogens is 1. The molecule has 0 fully saturated rings. The third kappa shape index (κ3) is 8.93.